The Labute approximate surface area is 202 Å². The summed E-state index contributed by atoms with van der Waals surface area (Å²) in [7, 11) is 0. The van der Waals surface area contributed by atoms with Crippen LogP contribution in [0.3, 0.4) is 0 Å². The maximum absolute atomic E-state index is 13.1. The van der Waals surface area contributed by atoms with Gasteiger partial charge in [-0.25, -0.2) is 14.6 Å². The maximum Gasteiger partial charge on any atom is 0.573 e. The summed E-state index contributed by atoms with van der Waals surface area (Å²) >= 11 is 1.26. The third kappa shape index (κ3) is 6.35. The van der Waals surface area contributed by atoms with Gasteiger partial charge in [0.25, 0.3) is 5.91 Å². The number of carbonyl (C=O) groups is 1. The highest BCUT2D eigenvalue weighted by Crippen LogP contribution is 2.27. The number of thioether (sulfide) groups is 1. The molecule has 2 aromatic heterocycles. The van der Waals surface area contributed by atoms with Crippen LogP contribution in [0, 0.1) is 13.8 Å². The number of hydrogen-bond donors (Lipinski definition) is 1. The molecule has 0 aliphatic carbocycles. The number of rotatable bonds is 7. The Morgan fingerprint density at radius 3 is 2.34 bits per heavy atom. The van der Waals surface area contributed by atoms with Crippen molar-refractivity contribution in [3.05, 3.63) is 83.4 Å². The highest BCUT2D eigenvalue weighted by atomic mass is 32.2. The summed E-state index contributed by atoms with van der Waals surface area (Å²) in [6.45, 7) is 3.85. The van der Waals surface area contributed by atoms with Crippen LogP contribution < -0.4 is 10.1 Å². The molecule has 12 heteroatoms. The van der Waals surface area contributed by atoms with E-state index in [9.17, 15) is 18.0 Å². The molecule has 0 saturated heterocycles. The molecular formula is C23H19F3N6O2S. The van der Waals surface area contributed by atoms with Crippen LogP contribution in [0.5, 0.6) is 5.75 Å². The highest BCUT2D eigenvalue weighted by molar-refractivity contribution is 7.98. The summed E-state index contributed by atoms with van der Waals surface area (Å²) in [6, 6.07) is 12.5. The van der Waals surface area contributed by atoms with Crippen molar-refractivity contribution in [3.63, 3.8) is 0 Å². The van der Waals surface area contributed by atoms with Crippen LogP contribution in [0.25, 0.3) is 5.69 Å². The second-order valence-electron chi connectivity index (χ2n) is 7.49. The molecule has 2 heterocycles. The molecule has 4 aromatic rings. The maximum atomic E-state index is 13.1. The first kappa shape index (κ1) is 24.2. The molecule has 0 atom stereocenters. The summed E-state index contributed by atoms with van der Waals surface area (Å²) < 4.78 is 42.8. The van der Waals surface area contributed by atoms with E-state index in [1.807, 2.05) is 32.0 Å². The number of carbonyl (C=O) groups excluding carboxylic acids is 1. The van der Waals surface area contributed by atoms with Crippen LogP contribution in [0.1, 0.15) is 27.3 Å². The molecule has 0 unspecified atom stereocenters. The Bertz CT molecular complexity index is 1310. The van der Waals surface area contributed by atoms with Crippen LogP contribution in [-0.4, -0.2) is 37.2 Å². The molecule has 1 amide bonds. The molecule has 0 fully saturated rings. The average Bonchev–Trinajstić information content (AvgIpc) is 3.21. The fourth-order valence-corrected chi connectivity index (χ4v) is 4.13. The molecule has 8 nitrogen and oxygen atoms in total. The smallest absolute Gasteiger partial charge is 0.406 e. The van der Waals surface area contributed by atoms with Gasteiger partial charge in [0.15, 0.2) is 10.9 Å². The largest absolute Gasteiger partial charge is 0.573 e. The van der Waals surface area contributed by atoms with E-state index in [4.69, 9.17) is 0 Å². The molecule has 0 spiro atoms. The van der Waals surface area contributed by atoms with E-state index in [0.717, 1.165) is 23.3 Å². The molecule has 2 aromatic carbocycles. The zero-order valence-electron chi connectivity index (χ0n) is 18.6. The van der Waals surface area contributed by atoms with Gasteiger partial charge >= 0.3 is 6.36 Å². The second kappa shape index (κ2) is 10.1. The van der Waals surface area contributed by atoms with E-state index in [1.165, 1.54) is 28.6 Å². The van der Waals surface area contributed by atoms with E-state index < -0.39 is 12.3 Å². The van der Waals surface area contributed by atoms with Gasteiger partial charge in [-0.1, -0.05) is 23.0 Å². The first-order valence-electron chi connectivity index (χ1n) is 10.3. The SMILES string of the molecule is Cc1cc(C)cc(NC(=O)c2nnn(-c3ccc(OC(F)(F)F)cc3)c2CSc2ncccn2)c1. The molecule has 180 valence electrons. The quantitative estimate of drug-likeness (QED) is 0.278. The van der Waals surface area contributed by atoms with E-state index in [2.05, 4.69) is 30.3 Å². The van der Waals surface area contributed by atoms with Crippen molar-refractivity contribution in [1.82, 2.24) is 25.0 Å². The van der Waals surface area contributed by atoms with Gasteiger partial charge in [-0.3, -0.25) is 4.79 Å². The lowest BCUT2D eigenvalue weighted by molar-refractivity contribution is -0.274. The molecule has 0 aliphatic heterocycles. The highest BCUT2D eigenvalue weighted by Gasteiger charge is 2.31. The molecule has 0 radical (unpaired) electrons. The number of aromatic nitrogens is 5. The summed E-state index contributed by atoms with van der Waals surface area (Å²) in [4.78, 5) is 21.4. The number of nitrogens with zero attached hydrogens (tertiary/aromatic N) is 5. The van der Waals surface area contributed by atoms with Crippen molar-refractivity contribution in [2.45, 2.75) is 31.1 Å². The van der Waals surface area contributed by atoms with Crippen molar-refractivity contribution < 1.29 is 22.7 Å². The fourth-order valence-electron chi connectivity index (χ4n) is 3.33. The minimum atomic E-state index is -4.80. The van der Waals surface area contributed by atoms with Gasteiger partial charge in [0.05, 0.1) is 11.4 Å². The summed E-state index contributed by atoms with van der Waals surface area (Å²) in [5, 5.41) is 11.5. The lowest BCUT2D eigenvalue weighted by Crippen LogP contribution is -2.17. The number of aryl methyl sites for hydroxylation is 2. The lowest BCUT2D eigenvalue weighted by atomic mass is 10.1. The number of alkyl halides is 3. The van der Waals surface area contributed by atoms with Crippen LogP contribution in [0.4, 0.5) is 18.9 Å². The Kier molecular flexibility index (Phi) is 7.01. The van der Waals surface area contributed by atoms with Crippen molar-refractivity contribution in [3.8, 4) is 11.4 Å². The monoisotopic (exact) mass is 500 g/mol. The van der Waals surface area contributed by atoms with Gasteiger partial charge in [0.2, 0.25) is 0 Å². The van der Waals surface area contributed by atoms with Gasteiger partial charge in [-0.2, -0.15) is 0 Å². The number of halogens is 3. The molecule has 0 aliphatic rings. The summed E-state index contributed by atoms with van der Waals surface area (Å²) in [5.41, 5.74) is 3.49. The Hall–Kier alpha value is -3.93. The van der Waals surface area contributed by atoms with Gasteiger partial charge in [-0.15, -0.1) is 18.3 Å². The number of anilines is 1. The predicted molar refractivity (Wildman–Crippen MR) is 124 cm³/mol. The predicted octanol–water partition coefficient (Wildman–Crippen LogP) is 5.12. The van der Waals surface area contributed by atoms with Crippen molar-refractivity contribution in [2.24, 2.45) is 0 Å². The van der Waals surface area contributed by atoms with E-state index in [-0.39, 0.29) is 17.2 Å². The summed E-state index contributed by atoms with van der Waals surface area (Å²) in [5.74, 6) is -0.612. The van der Waals surface area contributed by atoms with E-state index in [0.29, 0.717) is 22.2 Å². The summed E-state index contributed by atoms with van der Waals surface area (Å²) in [6.07, 6.45) is -1.61. The Morgan fingerprint density at radius 1 is 1.06 bits per heavy atom. The zero-order chi connectivity index (χ0) is 25.0. The van der Waals surface area contributed by atoms with Gasteiger partial charge in [-0.05, 0) is 67.4 Å². The lowest BCUT2D eigenvalue weighted by Gasteiger charge is -2.11. The minimum Gasteiger partial charge on any atom is -0.406 e. The van der Waals surface area contributed by atoms with Gasteiger partial charge < -0.3 is 10.1 Å². The van der Waals surface area contributed by atoms with Crippen LogP contribution >= 0.6 is 11.8 Å². The molecular weight excluding hydrogens is 481 g/mol. The van der Waals surface area contributed by atoms with Crippen molar-refractivity contribution in [1.29, 1.82) is 0 Å². The topological polar surface area (TPSA) is 94.8 Å². The number of hydrogen-bond acceptors (Lipinski definition) is 7. The van der Waals surface area contributed by atoms with E-state index in [1.54, 1.807) is 18.5 Å². The molecule has 35 heavy (non-hydrogen) atoms. The third-order valence-electron chi connectivity index (χ3n) is 4.65. The van der Waals surface area contributed by atoms with Gasteiger partial charge in [0, 0.05) is 23.8 Å². The van der Waals surface area contributed by atoms with Crippen LogP contribution in [0.2, 0.25) is 0 Å². The number of amides is 1. The number of benzene rings is 2. The minimum absolute atomic E-state index is 0.0724. The van der Waals surface area contributed by atoms with Gasteiger partial charge in [0.1, 0.15) is 5.75 Å². The number of ether oxygens (including phenoxy) is 1. The second-order valence-corrected chi connectivity index (χ2v) is 8.43. The normalized spacial score (nSPS) is 11.3. The fraction of sp³-hybridized carbons (Fsp3) is 0.174. The zero-order valence-corrected chi connectivity index (χ0v) is 19.4. The average molecular weight is 501 g/mol. The van der Waals surface area contributed by atoms with Crippen molar-refractivity contribution >= 4 is 23.4 Å². The van der Waals surface area contributed by atoms with E-state index >= 15 is 0 Å². The molecule has 1 N–H and O–H groups in total. The Morgan fingerprint density at radius 2 is 1.71 bits per heavy atom. The number of nitrogens with one attached hydrogen (secondary N) is 1. The first-order chi connectivity index (χ1) is 16.7. The van der Waals surface area contributed by atoms with Crippen LogP contribution in [-0.2, 0) is 5.75 Å². The molecule has 0 saturated carbocycles. The molecule has 0 bridgehead atoms. The van der Waals surface area contributed by atoms with Crippen molar-refractivity contribution in [2.75, 3.05) is 5.32 Å². The Balaban J connectivity index is 1.65. The third-order valence-corrected chi connectivity index (χ3v) is 5.54. The first-order valence-corrected chi connectivity index (χ1v) is 11.3. The van der Waals surface area contributed by atoms with Crippen LogP contribution in [0.15, 0.2) is 66.1 Å². The standard InChI is InChI=1S/C23H19F3N6O2S/c1-14-10-15(2)12-16(11-14)29-21(33)20-19(13-35-22-27-8-3-9-28-22)32(31-30-20)17-4-6-18(7-5-17)34-23(24,25)26/h3-12H,13H2,1-2H3,(H,29,33). The molecule has 4 rings (SSSR count).